The molecule has 2 atom stereocenters. The van der Waals surface area contributed by atoms with Gasteiger partial charge in [0.15, 0.2) is 0 Å². The minimum Gasteiger partial charge on any atom is -0.418 e. The summed E-state index contributed by atoms with van der Waals surface area (Å²) in [6.07, 6.45) is -1.01. The highest BCUT2D eigenvalue weighted by molar-refractivity contribution is 6.34. The number of anilines is 1. The second-order valence-electron chi connectivity index (χ2n) is 5.49. The van der Waals surface area contributed by atoms with Crippen LogP contribution in [-0.4, -0.2) is 21.4 Å². The minimum atomic E-state index is -1.01. The van der Waals surface area contributed by atoms with E-state index in [0.717, 1.165) is 0 Å². The summed E-state index contributed by atoms with van der Waals surface area (Å²) in [6.45, 7) is 10.3. The topological polar surface area (TPSA) is 75.5 Å². The molecule has 0 bridgehead atoms. The summed E-state index contributed by atoms with van der Waals surface area (Å²) in [6, 6.07) is -0.235. The average Bonchev–Trinajstić information content (AvgIpc) is 3.21. The van der Waals surface area contributed by atoms with Gasteiger partial charge in [-0.15, -0.1) is 10.2 Å². The second-order valence-corrected chi connectivity index (χ2v) is 5.87. The number of aliphatic hydroxyl groups is 1. The predicted molar refractivity (Wildman–Crippen MR) is 100 cm³/mol. The van der Waals surface area contributed by atoms with Crippen molar-refractivity contribution in [1.82, 2.24) is 10.2 Å². The van der Waals surface area contributed by atoms with Gasteiger partial charge in [-0.05, 0) is 37.6 Å². The normalized spacial score (nSPS) is 15.7. The van der Waals surface area contributed by atoms with Gasteiger partial charge in [-0.3, -0.25) is 0 Å². The highest BCUT2D eigenvalue weighted by Gasteiger charge is 2.25. The first-order valence-corrected chi connectivity index (χ1v) is 7.98. The molecule has 0 saturated carbocycles. The lowest BCUT2D eigenvalue weighted by Gasteiger charge is -2.21. The molecule has 0 saturated heterocycles. The van der Waals surface area contributed by atoms with Gasteiger partial charge in [0.05, 0.1) is 24.6 Å². The van der Waals surface area contributed by atoms with Gasteiger partial charge >= 0.3 is 0 Å². The van der Waals surface area contributed by atoms with Crippen LogP contribution in [0.1, 0.15) is 31.3 Å². The fourth-order valence-corrected chi connectivity index (χ4v) is 2.49. The van der Waals surface area contributed by atoms with Crippen molar-refractivity contribution in [2.24, 2.45) is 0 Å². The predicted octanol–water partition coefficient (Wildman–Crippen LogP) is 4.78. The van der Waals surface area contributed by atoms with Crippen LogP contribution in [0, 0.1) is 13.5 Å². The summed E-state index contributed by atoms with van der Waals surface area (Å²) in [4.78, 5) is 3.34. The van der Waals surface area contributed by atoms with Crippen LogP contribution in [-0.2, 0) is 0 Å². The summed E-state index contributed by atoms with van der Waals surface area (Å²) in [7, 11) is 0. The average molecular weight is 374 g/mol. The van der Waals surface area contributed by atoms with Gasteiger partial charge in [0.1, 0.15) is 6.04 Å². The Morgan fingerprint density at radius 1 is 1.31 bits per heavy atom. The largest absolute Gasteiger partial charge is 0.418 e. The molecular weight excluding hydrogens is 352 g/mol. The molecule has 1 aromatic heterocycles. The zero-order valence-electron chi connectivity index (χ0n) is 18.9. The molecule has 0 aliphatic heterocycles. The lowest BCUT2D eigenvalue weighted by atomic mass is 10.1. The van der Waals surface area contributed by atoms with Crippen LogP contribution >= 0.6 is 11.6 Å². The van der Waals surface area contributed by atoms with E-state index in [1.54, 1.807) is 13.0 Å². The molecule has 132 valence electrons. The summed E-state index contributed by atoms with van der Waals surface area (Å²) in [5, 5.41) is 21.3. The molecule has 3 rings (SSSR count). The fraction of sp³-hybridized carbons (Fsp3) is 0.211. The molecule has 0 aliphatic rings. The van der Waals surface area contributed by atoms with Gasteiger partial charge < -0.3 is 14.8 Å². The first kappa shape index (κ1) is 12.5. The van der Waals surface area contributed by atoms with E-state index >= 15 is 0 Å². The zero-order chi connectivity index (χ0) is 23.0. The summed E-state index contributed by atoms with van der Waals surface area (Å²) < 4.78 is 44.9. The van der Waals surface area contributed by atoms with E-state index in [9.17, 15) is 5.11 Å². The van der Waals surface area contributed by atoms with E-state index in [2.05, 4.69) is 20.4 Å². The van der Waals surface area contributed by atoms with Crippen molar-refractivity contribution < 1.29 is 16.4 Å². The standard InChI is InChI=1S/C19H17ClN4O2/c1-11-14(9-10-15(21-3)16(11)20)22-17(12(2)25)19-24-23-18(26-19)13-7-5-4-6-8-13/h4-10,12,17,22,25H,1-2H3/t12-,17+/m0/s1/i4D,5D,6D,7D,8D. The number of aliphatic hydroxyl groups excluding tert-OH is 1. The van der Waals surface area contributed by atoms with Crippen molar-refractivity contribution >= 4 is 23.0 Å². The Balaban J connectivity index is 2.03. The first-order valence-electron chi connectivity index (χ1n) is 10.1. The van der Waals surface area contributed by atoms with Crippen LogP contribution in [0.5, 0.6) is 0 Å². The third-order valence-corrected chi connectivity index (χ3v) is 4.18. The number of nitrogens with one attached hydrogen (secondary N) is 1. The first-order chi connectivity index (χ1) is 14.6. The van der Waals surface area contributed by atoms with E-state index in [1.165, 1.54) is 13.0 Å². The minimum absolute atomic E-state index is 0.0541. The highest BCUT2D eigenvalue weighted by Crippen LogP contribution is 2.35. The molecule has 3 aromatic rings. The van der Waals surface area contributed by atoms with Gasteiger partial charge in [-0.1, -0.05) is 35.8 Å². The molecule has 0 aliphatic carbocycles. The monoisotopic (exact) mass is 373 g/mol. The molecule has 0 spiro atoms. The third kappa shape index (κ3) is 3.54. The van der Waals surface area contributed by atoms with E-state index in [4.69, 9.17) is 29.4 Å². The number of hydrogen-bond donors (Lipinski definition) is 2. The van der Waals surface area contributed by atoms with E-state index < -0.39 is 42.4 Å². The Morgan fingerprint density at radius 3 is 2.69 bits per heavy atom. The van der Waals surface area contributed by atoms with Crippen LogP contribution in [0.25, 0.3) is 16.3 Å². The molecule has 0 fully saturated rings. The Kier molecular flexibility index (Phi) is 3.63. The van der Waals surface area contributed by atoms with Crippen molar-refractivity contribution in [2.45, 2.75) is 26.0 Å². The number of nitrogens with zero attached hydrogens (tertiary/aromatic N) is 3. The van der Waals surface area contributed by atoms with Crippen molar-refractivity contribution in [2.75, 3.05) is 5.32 Å². The van der Waals surface area contributed by atoms with Crippen molar-refractivity contribution in [3.05, 3.63) is 70.2 Å². The molecule has 7 heteroatoms. The summed E-state index contributed by atoms with van der Waals surface area (Å²) in [5.41, 5.74) is 1.19. The van der Waals surface area contributed by atoms with Crippen molar-refractivity contribution in [3.63, 3.8) is 0 Å². The fourth-order valence-electron chi connectivity index (χ4n) is 2.29. The lowest BCUT2D eigenvalue weighted by Crippen LogP contribution is -2.23. The van der Waals surface area contributed by atoms with E-state index in [0.29, 0.717) is 16.9 Å². The number of hydrogen-bond acceptors (Lipinski definition) is 5. The maximum absolute atomic E-state index is 10.3. The van der Waals surface area contributed by atoms with Gasteiger partial charge in [0, 0.05) is 11.3 Å². The van der Waals surface area contributed by atoms with Crippen LogP contribution < -0.4 is 5.32 Å². The third-order valence-electron chi connectivity index (χ3n) is 3.70. The molecule has 0 unspecified atom stereocenters. The molecule has 0 radical (unpaired) electrons. The Labute approximate surface area is 163 Å². The number of aromatic nitrogens is 2. The second kappa shape index (κ2) is 7.56. The van der Waals surface area contributed by atoms with E-state index in [-0.39, 0.29) is 22.4 Å². The quantitative estimate of drug-likeness (QED) is 0.629. The maximum Gasteiger partial charge on any atom is 0.247 e. The van der Waals surface area contributed by atoms with Crippen LogP contribution in [0.2, 0.25) is 5.02 Å². The summed E-state index contributed by atoms with van der Waals surface area (Å²) >= 11 is 6.21. The molecule has 0 amide bonds. The van der Waals surface area contributed by atoms with E-state index in [1.807, 2.05) is 0 Å². The van der Waals surface area contributed by atoms with Gasteiger partial charge in [-0.25, -0.2) is 4.85 Å². The Morgan fingerprint density at radius 2 is 2.04 bits per heavy atom. The van der Waals surface area contributed by atoms with Crippen LogP contribution in [0.3, 0.4) is 0 Å². The van der Waals surface area contributed by atoms with Crippen molar-refractivity contribution in [3.8, 4) is 11.5 Å². The molecule has 6 nitrogen and oxygen atoms in total. The smallest absolute Gasteiger partial charge is 0.247 e. The van der Waals surface area contributed by atoms with Crippen LogP contribution in [0.4, 0.5) is 11.4 Å². The molecule has 2 N–H and O–H groups in total. The summed E-state index contributed by atoms with van der Waals surface area (Å²) in [5.74, 6) is -0.320. The molecule has 1 heterocycles. The van der Waals surface area contributed by atoms with Crippen molar-refractivity contribution in [1.29, 1.82) is 0 Å². The Bertz CT molecular complexity index is 1180. The number of benzene rings is 2. The number of halogens is 1. The Hall–Kier alpha value is -2.88. The number of rotatable bonds is 5. The van der Waals surface area contributed by atoms with Gasteiger partial charge in [-0.2, -0.15) is 0 Å². The SMILES string of the molecule is [2H]c1c([2H])c([2H])c(-c2nnc([C@H](Nc3ccc([N+]#[C-])c(Cl)c3C)[C@H](C)O)o2)c([2H])c1[2H]. The zero-order valence-corrected chi connectivity index (χ0v) is 14.6. The highest BCUT2D eigenvalue weighted by atomic mass is 35.5. The van der Waals surface area contributed by atoms with Gasteiger partial charge in [0.2, 0.25) is 17.5 Å². The maximum atomic E-state index is 10.3. The molecular formula is C19H17ClN4O2. The lowest BCUT2D eigenvalue weighted by molar-refractivity contribution is 0.159. The van der Waals surface area contributed by atoms with Gasteiger partial charge in [0.25, 0.3) is 0 Å². The van der Waals surface area contributed by atoms with Crippen LogP contribution in [0.15, 0.2) is 46.8 Å². The molecule has 2 aromatic carbocycles. The molecule has 26 heavy (non-hydrogen) atoms.